The lowest BCUT2D eigenvalue weighted by Crippen LogP contribution is -2.39. The third-order valence-corrected chi connectivity index (χ3v) is 6.22. The highest BCUT2D eigenvalue weighted by Gasteiger charge is 2.31. The molecule has 0 heterocycles. The molecule has 0 N–H and O–H groups in total. The molecule has 1 aromatic carbocycles. The van der Waals surface area contributed by atoms with Crippen molar-refractivity contribution >= 4 is 31.9 Å². The van der Waals surface area contributed by atoms with Gasteiger partial charge in [0.15, 0.2) is 0 Å². The van der Waals surface area contributed by atoms with E-state index in [4.69, 9.17) is 4.74 Å². The molecule has 0 atom stereocenters. The number of hydrogen-bond acceptors (Lipinski definition) is 5. The molecule has 0 aliphatic rings. The van der Waals surface area contributed by atoms with Crippen LogP contribution in [0.1, 0.15) is 26.7 Å². The smallest absolute Gasteiger partial charge is 0.321 e. The maximum Gasteiger partial charge on any atom is 0.321 e. The van der Waals surface area contributed by atoms with Gasteiger partial charge >= 0.3 is 5.97 Å². The average molecular weight is 422 g/mol. The molecule has 0 saturated heterocycles. The van der Waals surface area contributed by atoms with Gasteiger partial charge in [-0.05, 0) is 24.1 Å². The summed E-state index contributed by atoms with van der Waals surface area (Å²) in [6.07, 6.45) is 1.64. The largest absolute Gasteiger partial charge is 0.495 e. The number of halogens is 1. The van der Waals surface area contributed by atoms with Gasteiger partial charge in [0.2, 0.25) is 10.0 Å². The van der Waals surface area contributed by atoms with Gasteiger partial charge in [-0.3, -0.25) is 4.79 Å². The third-order valence-electron chi connectivity index (χ3n) is 3.89. The van der Waals surface area contributed by atoms with Crippen LogP contribution in [0.5, 0.6) is 5.75 Å². The van der Waals surface area contributed by atoms with Crippen LogP contribution >= 0.6 is 15.9 Å². The summed E-state index contributed by atoms with van der Waals surface area (Å²) in [5.74, 6) is -0.210. The van der Waals surface area contributed by atoms with E-state index in [1.165, 1.54) is 24.6 Å². The zero-order valence-electron chi connectivity index (χ0n) is 14.4. The van der Waals surface area contributed by atoms with Gasteiger partial charge in [0, 0.05) is 11.0 Å². The van der Waals surface area contributed by atoms with E-state index in [1.807, 2.05) is 13.8 Å². The van der Waals surface area contributed by atoms with Crippen LogP contribution in [-0.4, -0.2) is 46.0 Å². The number of nitrogens with zero attached hydrogens (tertiary/aromatic N) is 1. The van der Waals surface area contributed by atoms with Gasteiger partial charge in [-0.2, -0.15) is 4.31 Å². The molecule has 0 radical (unpaired) electrons. The van der Waals surface area contributed by atoms with Crippen LogP contribution in [-0.2, 0) is 19.6 Å². The molecule has 0 aliphatic heterocycles. The van der Waals surface area contributed by atoms with E-state index in [-0.39, 0.29) is 29.7 Å². The predicted molar refractivity (Wildman–Crippen MR) is 95.5 cm³/mol. The minimum Gasteiger partial charge on any atom is -0.495 e. The van der Waals surface area contributed by atoms with Gasteiger partial charge in [0.1, 0.15) is 17.2 Å². The summed E-state index contributed by atoms with van der Waals surface area (Å²) < 4.78 is 37.8. The summed E-state index contributed by atoms with van der Waals surface area (Å²) in [5.41, 5.74) is 0. The molecule has 0 fully saturated rings. The Morgan fingerprint density at radius 3 is 2.38 bits per heavy atom. The van der Waals surface area contributed by atoms with Gasteiger partial charge in [-0.1, -0.05) is 42.6 Å². The number of methoxy groups -OCH3 is 2. The molecule has 6 nitrogen and oxygen atoms in total. The molecular formula is C16H24BrNO5S. The number of rotatable bonds is 9. The Morgan fingerprint density at radius 1 is 1.25 bits per heavy atom. The van der Waals surface area contributed by atoms with Crippen molar-refractivity contribution in [1.82, 2.24) is 4.31 Å². The average Bonchev–Trinajstić information content (AvgIpc) is 2.57. The first-order valence-corrected chi connectivity index (χ1v) is 9.93. The summed E-state index contributed by atoms with van der Waals surface area (Å²) in [6, 6.07) is 4.75. The zero-order chi connectivity index (χ0) is 18.3. The number of carbonyl (C=O) groups is 1. The van der Waals surface area contributed by atoms with E-state index in [2.05, 4.69) is 20.7 Å². The maximum absolute atomic E-state index is 13.1. The van der Waals surface area contributed by atoms with Gasteiger partial charge in [-0.25, -0.2) is 8.42 Å². The minimum atomic E-state index is -3.91. The zero-order valence-corrected chi connectivity index (χ0v) is 16.8. The number of benzene rings is 1. The standard InChI is InChI=1S/C16H24BrNO5S/c1-5-12(6-2)10-18(11-16(19)23-4)24(20,21)15-9-13(17)7-8-14(15)22-3/h7-9,12H,5-6,10-11H2,1-4H3. The van der Waals surface area contributed by atoms with Crippen LogP contribution in [0.4, 0.5) is 0 Å². The SMILES string of the molecule is CCC(CC)CN(CC(=O)OC)S(=O)(=O)c1cc(Br)ccc1OC. The number of hydrogen-bond donors (Lipinski definition) is 0. The first kappa shape index (κ1) is 20.9. The number of sulfonamides is 1. The van der Waals surface area contributed by atoms with Crippen LogP contribution in [0.15, 0.2) is 27.6 Å². The van der Waals surface area contributed by atoms with E-state index in [9.17, 15) is 13.2 Å². The fourth-order valence-corrected chi connectivity index (χ4v) is 4.44. The minimum absolute atomic E-state index is 0.0224. The Balaban J connectivity index is 3.32. The lowest BCUT2D eigenvalue weighted by molar-refractivity contribution is -0.140. The summed E-state index contributed by atoms with van der Waals surface area (Å²) in [6.45, 7) is 3.92. The number of esters is 1. The van der Waals surface area contributed by atoms with Gasteiger partial charge in [-0.15, -0.1) is 0 Å². The molecule has 24 heavy (non-hydrogen) atoms. The van der Waals surface area contributed by atoms with E-state index in [0.29, 0.717) is 4.47 Å². The van der Waals surface area contributed by atoms with Crippen LogP contribution in [0.3, 0.4) is 0 Å². The van der Waals surface area contributed by atoms with E-state index < -0.39 is 16.0 Å². The molecule has 8 heteroatoms. The summed E-state index contributed by atoms with van der Waals surface area (Å²) in [5, 5.41) is 0. The lowest BCUT2D eigenvalue weighted by Gasteiger charge is -2.25. The first-order chi connectivity index (χ1) is 11.3. The highest BCUT2D eigenvalue weighted by atomic mass is 79.9. The van der Waals surface area contributed by atoms with E-state index in [1.54, 1.807) is 12.1 Å². The molecule has 0 aliphatic carbocycles. The summed E-state index contributed by atoms with van der Waals surface area (Å²) >= 11 is 3.28. The Labute approximate surface area is 152 Å². The quantitative estimate of drug-likeness (QED) is 0.572. The topological polar surface area (TPSA) is 72.9 Å². The number of ether oxygens (including phenoxy) is 2. The highest BCUT2D eigenvalue weighted by Crippen LogP contribution is 2.30. The Kier molecular flexibility index (Phi) is 8.18. The summed E-state index contributed by atoms with van der Waals surface area (Å²) in [7, 11) is -1.26. The molecule has 0 amide bonds. The third kappa shape index (κ3) is 5.19. The van der Waals surface area contributed by atoms with Crippen molar-refractivity contribution in [3.8, 4) is 5.75 Å². The normalized spacial score (nSPS) is 11.8. The van der Waals surface area contributed by atoms with Gasteiger partial charge < -0.3 is 9.47 Å². The Morgan fingerprint density at radius 2 is 1.88 bits per heavy atom. The molecule has 1 aromatic rings. The van der Waals surface area contributed by atoms with Crippen LogP contribution < -0.4 is 4.74 Å². The van der Waals surface area contributed by atoms with E-state index >= 15 is 0 Å². The predicted octanol–water partition coefficient (Wildman–Crippen LogP) is 3.06. The van der Waals surface area contributed by atoms with Gasteiger partial charge in [0.25, 0.3) is 0 Å². The van der Waals surface area contributed by atoms with Crippen molar-refractivity contribution in [3.05, 3.63) is 22.7 Å². The summed E-state index contributed by atoms with van der Waals surface area (Å²) in [4.78, 5) is 11.7. The van der Waals surface area contributed by atoms with Crippen molar-refractivity contribution in [1.29, 1.82) is 0 Å². The van der Waals surface area contributed by atoms with Crippen molar-refractivity contribution in [2.24, 2.45) is 5.92 Å². The number of carbonyl (C=O) groups excluding carboxylic acids is 1. The lowest BCUT2D eigenvalue weighted by atomic mass is 10.0. The second-order valence-corrected chi connectivity index (χ2v) is 8.17. The fourth-order valence-electron chi connectivity index (χ4n) is 2.28. The van der Waals surface area contributed by atoms with Crippen molar-refractivity contribution < 1.29 is 22.7 Å². The molecule has 0 spiro atoms. The maximum atomic E-state index is 13.1. The van der Waals surface area contributed by atoms with Crippen molar-refractivity contribution in [3.63, 3.8) is 0 Å². The molecule has 0 bridgehead atoms. The molecule has 0 unspecified atom stereocenters. The van der Waals surface area contributed by atoms with E-state index in [0.717, 1.165) is 12.8 Å². The molecule has 136 valence electrons. The molecule has 1 rings (SSSR count). The Hall–Kier alpha value is -1.12. The van der Waals surface area contributed by atoms with Crippen LogP contribution in [0.2, 0.25) is 0 Å². The molecule has 0 saturated carbocycles. The van der Waals surface area contributed by atoms with Crippen LogP contribution in [0.25, 0.3) is 0 Å². The van der Waals surface area contributed by atoms with Crippen LogP contribution in [0, 0.1) is 5.92 Å². The fraction of sp³-hybridized carbons (Fsp3) is 0.562. The van der Waals surface area contributed by atoms with Crippen molar-refractivity contribution in [2.75, 3.05) is 27.3 Å². The second-order valence-electron chi connectivity index (χ2n) is 5.35. The molecule has 0 aromatic heterocycles. The first-order valence-electron chi connectivity index (χ1n) is 7.70. The Bertz CT molecular complexity index is 658. The van der Waals surface area contributed by atoms with Crippen molar-refractivity contribution in [2.45, 2.75) is 31.6 Å². The van der Waals surface area contributed by atoms with Gasteiger partial charge in [0.05, 0.1) is 14.2 Å². The second kappa shape index (κ2) is 9.39. The molecular weight excluding hydrogens is 398 g/mol. The highest BCUT2D eigenvalue weighted by molar-refractivity contribution is 9.10. The monoisotopic (exact) mass is 421 g/mol.